The third kappa shape index (κ3) is 2.00. The molecule has 1 rings (SSSR count). The smallest absolute Gasteiger partial charge is 0.0308 e. The topological polar surface area (TPSA) is 0 Å². The Labute approximate surface area is 66.4 Å². The molecule has 0 heterocycles. The molecule has 1 fully saturated rings. The molecule has 1 aliphatic rings. The summed E-state index contributed by atoms with van der Waals surface area (Å²) in [5.74, 6) is -0.134. The van der Waals surface area contributed by atoms with Gasteiger partial charge in [-0.25, -0.2) is 0 Å². The fourth-order valence-electron chi connectivity index (χ4n) is 1.73. The van der Waals surface area contributed by atoms with Crippen LogP contribution in [0.25, 0.3) is 0 Å². The molecule has 0 aliphatic heterocycles. The Hall–Kier alpha value is 0. The quantitative estimate of drug-likeness (QED) is 0.483. The summed E-state index contributed by atoms with van der Waals surface area (Å²) < 4.78 is 8.27. The van der Waals surface area contributed by atoms with Crippen LogP contribution in [-0.4, -0.2) is 0 Å². The van der Waals surface area contributed by atoms with Crippen molar-refractivity contribution < 1.29 is 1.37 Å². The van der Waals surface area contributed by atoms with Gasteiger partial charge in [0, 0.05) is 1.37 Å². The van der Waals surface area contributed by atoms with E-state index in [4.69, 9.17) is 1.37 Å². The molecule has 0 atom stereocenters. The highest BCUT2D eigenvalue weighted by Crippen LogP contribution is 2.37. The van der Waals surface area contributed by atoms with Crippen molar-refractivity contribution in [3.63, 3.8) is 0 Å². The van der Waals surface area contributed by atoms with Gasteiger partial charge in [-0.15, -0.1) is 0 Å². The van der Waals surface area contributed by atoms with Crippen LogP contribution in [0.5, 0.6) is 0 Å². The van der Waals surface area contributed by atoms with Gasteiger partial charge in [0.25, 0.3) is 0 Å². The van der Waals surface area contributed by atoms with Gasteiger partial charge in [0.15, 0.2) is 0 Å². The van der Waals surface area contributed by atoms with E-state index < -0.39 is 0 Å². The van der Waals surface area contributed by atoms with Gasteiger partial charge in [-0.05, 0) is 24.2 Å². The molecule has 1 aliphatic carbocycles. The zero-order valence-corrected chi connectivity index (χ0v) is 7.54. The van der Waals surface area contributed by atoms with Gasteiger partial charge in [0.05, 0.1) is 0 Å². The van der Waals surface area contributed by atoms with Crippen LogP contribution in [0.4, 0.5) is 0 Å². The third-order valence-electron chi connectivity index (χ3n) is 2.52. The second kappa shape index (κ2) is 2.94. The molecule has 0 aromatic carbocycles. The molecule has 0 N–H and O–H groups in total. The summed E-state index contributed by atoms with van der Waals surface area (Å²) in [5.41, 5.74) is 0.174. The molecule has 10 heavy (non-hydrogen) atoms. The summed E-state index contributed by atoms with van der Waals surface area (Å²) in [5, 5.41) is 0. The number of rotatable bonds is 0. The van der Waals surface area contributed by atoms with Crippen LogP contribution >= 0.6 is 0 Å². The summed E-state index contributed by atoms with van der Waals surface area (Å²) in [7, 11) is 0. The molecule has 0 radical (unpaired) electrons. The van der Waals surface area contributed by atoms with Crippen LogP contribution in [0, 0.1) is 11.3 Å². The first-order valence-electron chi connectivity index (χ1n) is 4.96. The van der Waals surface area contributed by atoms with Crippen LogP contribution in [-0.2, 0) is 0 Å². The first-order chi connectivity index (χ1) is 4.96. The summed E-state index contributed by atoms with van der Waals surface area (Å²) in [6.45, 7) is 6.60. The van der Waals surface area contributed by atoms with E-state index in [-0.39, 0.29) is 11.3 Å². The Bertz CT molecular complexity index is 126. The van der Waals surface area contributed by atoms with Gasteiger partial charge >= 0.3 is 0 Å². The predicted molar refractivity (Wildman–Crippen MR) is 46.0 cm³/mol. The number of hydrogen-bond donors (Lipinski definition) is 0. The molecule has 0 heteroatoms. The van der Waals surface area contributed by atoms with Crippen molar-refractivity contribution in [1.29, 1.82) is 0 Å². The molecule has 1 saturated carbocycles. The normalized spacial score (nSPS) is 27.7. The molecule has 0 amide bonds. The Morgan fingerprint density at radius 1 is 1.10 bits per heavy atom. The van der Waals surface area contributed by atoms with Gasteiger partial charge in [0.1, 0.15) is 0 Å². The maximum atomic E-state index is 8.27. The van der Waals surface area contributed by atoms with E-state index in [0.29, 0.717) is 0 Å². The van der Waals surface area contributed by atoms with Gasteiger partial charge in [0.2, 0.25) is 0 Å². The van der Waals surface area contributed by atoms with E-state index in [0.717, 1.165) is 12.8 Å². The predicted octanol–water partition coefficient (Wildman–Crippen LogP) is 3.61. The lowest BCUT2D eigenvalue weighted by Crippen LogP contribution is -2.22. The summed E-state index contributed by atoms with van der Waals surface area (Å²) in [6.07, 6.45) is 6.09. The van der Waals surface area contributed by atoms with E-state index in [9.17, 15) is 0 Å². The zero-order valence-electron chi connectivity index (χ0n) is 8.54. The van der Waals surface area contributed by atoms with Crippen molar-refractivity contribution in [3.05, 3.63) is 0 Å². The van der Waals surface area contributed by atoms with E-state index >= 15 is 0 Å². The molecule has 0 saturated heterocycles. The standard InChI is InChI=1S/C10H20/c1-10(2,3)9-7-5-4-6-8-9/h9H,4-8H2,1-3H3/i9D. The SMILES string of the molecule is [2H]C1(C(C)(C)C)CCCCC1. The minimum atomic E-state index is -0.134. The van der Waals surface area contributed by atoms with E-state index in [1.807, 2.05) is 0 Å². The molecule has 0 spiro atoms. The van der Waals surface area contributed by atoms with Crippen molar-refractivity contribution in [3.8, 4) is 0 Å². The maximum absolute atomic E-state index is 8.27. The van der Waals surface area contributed by atoms with Crippen molar-refractivity contribution in [2.75, 3.05) is 0 Å². The van der Waals surface area contributed by atoms with Crippen molar-refractivity contribution in [2.45, 2.75) is 52.9 Å². The molecule has 0 unspecified atom stereocenters. The first-order valence-corrected chi connectivity index (χ1v) is 4.46. The monoisotopic (exact) mass is 141 g/mol. The Balaban J connectivity index is 2.64. The second-order valence-electron chi connectivity index (χ2n) is 4.41. The highest BCUT2D eigenvalue weighted by atomic mass is 14.3. The summed E-state index contributed by atoms with van der Waals surface area (Å²) in [4.78, 5) is 0. The lowest BCUT2D eigenvalue weighted by atomic mass is 9.72. The minimum absolute atomic E-state index is 0.134. The average Bonchev–Trinajstić information content (AvgIpc) is 1.87. The average molecular weight is 141 g/mol. The largest absolute Gasteiger partial charge is 0.0599 e. The molecular formula is C10H20. The van der Waals surface area contributed by atoms with E-state index in [1.54, 1.807) is 0 Å². The van der Waals surface area contributed by atoms with Crippen LogP contribution < -0.4 is 0 Å². The van der Waals surface area contributed by atoms with Gasteiger partial charge in [-0.2, -0.15) is 0 Å². The molecule has 60 valence electrons. The highest BCUT2D eigenvalue weighted by molar-refractivity contribution is 4.76. The number of hydrogen-bond acceptors (Lipinski definition) is 0. The second-order valence-corrected chi connectivity index (χ2v) is 4.41. The Kier molecular flexibility index (Phi) is 1.97. The third-order valence-corrected chi connectivity index (χ3v) is 2.52. The maximum Gasteiger partial charge on any atom is 0.0308 e. The first kappa shape index (κ1) is 6.69. The van der Waals surface area contributed by atoms with Gasteiger partial charge in [-0.1, -0.05) is 40.0 Å². The van der Waals surface area contributed by atoms with Crippen LogP contribution in [0.1, 0.15) is 54.2 Å². The van der Waals surface area contributed by atoms with E-state index in [1.165, 1.54) is 19.3 Å². The van der Waals surface area contributed by atoms with Crippen molar-refractivity contribution in [1.82, 2.24) is 0 Å². The van der Waals surface area contributed by atoms with Crippen molar-refractivity contribution >= 4 is 0 Å². The van der Waals surface area contributed by atoms with E-state index in [2.05, 4.69) is 20.8 Å². The molecule has 0 aromatic heterocycles. The summed E-state index contributed by atoms with van der Waals surface area (Å²) >= 11 is 0. The fraction of sp³-hybridized carbons (Fsp3) is 1.00. The Morgan fingerprint density at radius 2 is 1.60 bits per heavy atom. The molecule has 0 bridgehead atoms. The van der Waals surface area contributed by atoms with Crippen LogP contribution in [0.3, 0.4) is 0 Å². The Morgan fingerprint density at radius 3 is 1.90 bits per heavy atom. The molecule has 0 aromatic rings. The lowest BCUT2D eigenvalue weighted by Gasteiger charge is -2.33. The van der Waals surface area contributed by atoms with Crippen LogP contribution in [0.2, 0.25) is 0 Å². The summed E-state index contributed by atoms with van der Waals surface area (Å²) in [6, 6.07) is 0. The van der Waals surface area contributed by atoms with Gasteiger partial charge < -0.3 is 0 Å². The fourth-order valence-corrected chi connectivity index (χ4v) is 1.73. The molecule has 0 nitrogen and oxygen atoms in total. The minimum Gasteiger partial charge on any atom is -0.0599 e. The zero-order chi connectivity index (χ0) is 8.54. The van der Waals surface area contributed by atoms with Crippen LogP contribution in [0.15, 0.2) is 0 Å². The van der Waals surface area contributed by atoms with Crippen molar-refractivity contribution in [2.24, 2.45) is 11.3 Å². The lowest BCUT2D eigenvalue weighted by molar-refractivity contribution is 0.180. The highest BCUT2D eigenvalue weighted by Gasteiger charge is 2.25. The van der Waals surface area contributed by atoms with Gasteiger partial charge in [-0.3, -0.25) is 0 Å². The molecular weight excluding hydrogens is 120 g/mol.